The molecule has 0 bridgehead atoms. The van der Waals surface area contributed by atoms with Crippen molar-refractivity contribution in [3.63, 3.8) is 0 Å². The normalized spacial score (nSPS) is 14.4. The lowest BCUT2D eigenvalue weighted by Crippen LogP contribution is -2.18. The van der Waals surface area contributed by atoms with Crippen molar-refractivity contribution in [1.82, 2.24) is 30.0 Å². The second-order valence-electron chi connectivity index (χ2n) is 9.24. The largest absolute Gasteiger partial charge is 0.352 e. The molecule has 0 spiro atoms. The maximum Gasteiger partial charge on any atom is 0.116 e. The molecule has 6 nitrogen and oxygen atoms in total. The highest BCUT2D eigenvalue weighted by Gasteiger charge is 2.16. The second-order valence-corrected chi connectivity index (χ2v) is 10.0. The zero-order chi connectivity index (χ0) is 23.2. The van der Waals surface area contributed by atoms with E-state index in [2.05, 4.69) is 77.2 Å². The van der Waals surface area contributed by atoms with Crippen LogP contribution in [0.15, 0.2) is 71.9 Å². The zero-order valence-electron chi connectivity index (χ0n) is 19.2. The van der Waals surface area contributed by atoms with E-state index in [1.807, 2.05) is 24.8 Å². The predicted octanol–water partition coefficient (Wildman–Crippen LogP) is 6.49. The Labute approximate surface area is 206 Å². The maximum absolute atomic E-state index is 4.68. The first-order valence-corrected chi connectivity index (χ1v) is 12.9. The number of likely N-dealkylation sites (tertiary alicyclic amines) is 1. The molecule has 2 N–H and O–H groups in total. The van der Waals surface area contributed by atoms with Gasteiger partial charge in [-0.3, -0.25) is 20.0 Å². The van der Waals surface area contributed by atoms with Gasteiger partial charge in [0.25, 0.3) is 0 Å². The minimum atomic E-state index is 0.912. The van der Waals surface area contributed by atoms with Crippen LogP contribution in [0.4, 0.5) is 0 Å². The molecule has 35 heavy (non-hydrogen) atoms. The molecule has 172 valence electrons. The monoisotopic (exact) mass is 476 g/mol. The molecule has 7 rings (SSSR count). The molecule has 0 saturated carbocycles. The molecule has 6 aromatic rings. The number of pyridine rings is 2. The fraction of sp³-hybridized carbons (Fsp3) is 0.179. The van der Waals surface area contributed by atoms with E-state index < -0.39 is 0 Å². The molecule has 7 heteroatoms. The van der Waals surface area contributed by atoms with Gasteiger partial charge < -0.3 is 4.98 Å². The van der Waals surface area contributed by atoms with Crippen LogP contribution in [-0.4, -0.2) is 43.1 Å². The van der Waals surface area contributed by atoms with Crippen molar-refractivity contribution in [2.24, 2.45) is 0 Å². The van der Waals surface area contributed by atoms with Crippen LogP contribution >= 0.6 is 11.3 Å². The second kappa shape index (κ2) is 8.45. The van der Waals surface area contributed by atoms with Gasteiger partial charge in [0.2, 0.25) is 0 Å². The molecule has 1 aromatic carbocycles. The molecule has 1 aliphatic heterocycles. The highest BCUT2D eigenvalue weighted by Crippen LogP contribution is 2.35. The van der Waals surface area contributed by atoms with Crippen molar-refractivity contribution in [3.05, 3.63) is 77.5 Å². The molecule has 0 amide bonds. The van der Waals surface area contributed by atoms with Crippen LogP contribution in [0.1, 0.15) is 18.4 Å². The number of nitrogens with zero attached hydrogens (tertiary/aromatic N) is 4. The predicted molar refractivity (Wildman–Crippen MR) is 142 cm³/mol. The van der Waals surface area contributed by atoms with E-state index in [0.717, 1.165) is 56.4 Å². The fourth-order valence-electron chi connectivity index (χ4n) is 5.16. The lowest BCUT2D eigenvalue weighted by molar-refractivity contribution is 0.331. The Morgan fingerprint density at radius 3 is 2.63 bits per heavy atom. The Bertz CT molecular complexity index is 1640. The molecule has 0 unspecified atom stereocenters. The number of thiophene rings is 1. The van der Waals surface area contributed by atoms with E-state index in [-0.39, 0.29) is 0 Å². The minimum absolute atomic E-state index is 0.912. The van der Waals surface area contributed by atoms with E-state index in [1.165, 1.54) is 37.1 Å². The number of hydrogen-bond donors (Lipinski definition) is 2. The summed E-state index contributed by atoms with van der Waals surface area (Å²) in [4.78, 5) is 15.1. The van der Waals surface area contributed by atoms with Gasteiger partial charge in [-0.05, 0) is 83.7 Å². The number of rotatable bonds is 5. The van der Waals surface area contributed by atoms with Crippen molar-refractivity contribution in [3.8, 4) is 33.6 Å². The van der Waals surface area contributed by atoms with E-state index >= 15 is 0 Å². The van der Waals surface area contributed by atoms with Gasteiger partial charge in [-0.15, -0.1) is 0 Å². The molecule has 0 radical (unpaired) electrons. The van der Waals surface area contributed by atoms with Gasteiger partial charge in [-0.1, -0.05) is 6.07 Å². The smallest absolute Gasteiger partial charge is 0.116 e. The summed E-state index contributed by atoms with van der Waals surface area (Å²) in [6.07, 6.45) is 10.4. The highest BCUT2D eigenvalue weighted by atomic mass is 32.1. The molecule has 5 aromatic heterocycles. The lowest BCUT2D eigenvalue weighted by atomic mass is 10.0. The summed E-state index contributed by atoms with van der Waals surface area (Å²) in [5.74, 6) is 0. The molecule has 0 aliphatic carbocycles. The first kappa shape index (κ1) is 20.6. The number of aromatic nitrogens is 5. The summed E-state index contributed by atoms with van der Waals surface area (Å²) in [6.45, 7) is 3.33. The lowest BCUT2D eigenvalue weighted by Gasteiger charge is -2.14. The first-order valence-electron chi connectivity index (χ1n) is 12.0. The maximum atomic E-state index is 4.68. The van der Waals surface area contributed by atoms with E-state index in [1.54, 1.807) is 11.3 Å². The molecule has 1 fully saturated rings. The Kier molecular flexibility index (Phi) is 4.96. The van der Waals surface area contributed by atoms with Crippen molar-refractivity contribution < 1.29 is 0 Å². The highest BCUT2D eigenvalue weighted by molar-refractivity contribution is 7.08. The summed E-state index contributed by atoms with van der Waals surface area (Å²) in [5, 5.41) is 14.4. The van der Waals surface area contributed by atoms with E-state index in [9.17, 15) is 0 Å². The van der Waals surface area contributed by atoms with Gasteiger partial charge in [0, 0.05) is 47.0 Å². The summed E-state index contributed by atoms with van der Waals surface area (Å²) >= 11 is 1.70. The number of benzene rings is 1. The van der Waals surface area contributed by atoms with Crippen LogP contribution in [0, 0.1) is 0 Å². The Morgan fingerprint density at radius 1 is 0.829 bits per heavy atom. The van der Waals surface area contributed by atoms with Crippen LogP contribution in [0.3, 0.4) is 0 Å². The van der Waals surface area contributed by atoms with E-state index in [0.29, 0.717) is 0 Å². The first-order chi connectivity index (χ1) is 17.3. The Balaban J connectivity index is 1.28. The minimum Gasteiger partial charge on any atom is -0.352 e. The van der Waals surface area contributed by atoms with Gasteiger partial charge in [0.05, 0.1) is 22.9 Å². The van der Waals surface area contributed by atoms with Crippen LogP contribution in [0.25, 0.3) is 55.4 Å². The topological polar surface area (TPSA) is 73.5 Å². The summed E-state index contributed by atoms with van der Waals surface area (Å²) < 4.78 is 0. The van der Waals surface area contributed by atoms with Crippen LogP contribution in [0.5, 0.6) is 0 Å². The number of nitrogens with one attached hydrogen (secondary N) is 2. The quantitative estimate of drug-likeness (QED) is 0.298. The number of H-pyrrole nitrogens is 2. The van der Waals surface area contributed by atoms with Crippen LogP contribution in [-0.2, 0) is 6.54 Å². The number of hydrogen-bond acceptors (Lipinski definition) is 5. The van der Waals surface area contributed by atoms with Crippen molar-refractivity contribution in [1.29, 1.82) is 0 Å². The van der Waals surface area contributed by atoms with Gasteiger partial charge in [0.1, 0.15) is 5.69 Å². The molecule has 1 saturated heterocycles. The number of aromatic amines is 2. The average Bonchev–Trinajstić information content (AvgIpc) is 3.70. The standard InChI is InChI=1S/C28H24N6S/c1-2-7-34(6-1)16-18-9-21(13-29-12-18)19-3-4-25-23(10-19)28(33-32-25)26-11-22-24(20-5-8-35-17-20)14-30-15-27(22)31-26/h3-5,8-15,17,31H,1-2,6-7,16H2,(H,32,33). The zero-order valence-corrected chi connectivity index (χ0v) is 20.0. The van der Waals surface area contributed by atoms with Gasteiger partial charge in [-0.2, -0.15) is 16.4 Å². The molecule has 0 atom stereocenters. The van der Waals surface area contributed by atoms with Gasteiger partial charge >= 0.3 is 0 Å². The summed E-state index contributed by atoms with van der Waals surface area (Å²) in [5.41, 5.74) is 9.78. The van der Waals surface area contributed by atoms with Crippen LogP contribution in [0.2, 0.25) is 0 Å². The van der Waals surface area contributed by atoms with E-state index in [4.69, 9.17) is 0 Å². The average molecular weight is 477 g/mol. The Hall–Kier alpha value is -3.81. The van der Waals surface area contributed by atoms with Crippen molar-refractivity contribution in [2.45, 2.75) is 19.4 Å². The SMILES string of the molecule is c1cc(-c2cncc3[nH]c(-c4n[nH]c5ccc(-c6cncc(CN7CCCC7)c6)cc45)cc23)cs1. The molecule has 6 heterocycles. The summed E-state index contributed by atoms with van der Waals surface area (Å²) in [7, 11) is 0. The molecular weight excluding hydrogens is 452 g/mol. The third-order valence-electron chi connectivity index (χ3n) is 6.93. The van der Waals surface area contributed by atoms with Crippen molar-refractivity contribution >= 4 is 33.1 Å². The molecular formula is C28H24N6S. The number of fused-ring (bicyclic) bond motifs is 2. The van der Waals surface area contributed by atoms with Crippen LogP contribution < -0.4 is 0 Å². The fourth-order valence-corrected chi connectivity index (χ4v) is 5.81. The summed E-state index contributed by atoms with van der Waals surface area (Å²) in [6, 6.07) is 13.1. The van der Waals surface area contributed by atoms with Gasteiger partial charge in [0.15, 0.2) is 0 Å². The molecule has 1 aliphatic rings. The third kappa shape index (κ3) is 3.73. The van der Waals surface area contributed by atoms with Crippen molar-refractivity contribution in [2.75, 3.05) is 13.1 Å². The Morgan fingerprint density at radius 2 is 1.74 bits per heavy atom. The van der Waals surface area contributed by atoms with Gasteiger partial charge in [-0.25, -0.2) is 0 Å². The third-order valence-corrected chi connectivity index (χ3v) is 7.61.